The van der Waals surface area contributed by atoms with Crippen LogP contribution < -0.4 is 10.6 Å². The molecule has 0 atom stereocenters. The third-order valence-electron chi connectivity index (χ3n) is 2.83. The molecule has 0 aliphatic rings. The van der Waals surface area contributed by atoms with Gasteiger partial charge in [0.2, 0.25) is 0 Å². The number of carbonyl (C=O) groups excluding carboxylic acids is 1. The van der Waals surface area contributed by atoms with Crippen LogP contribution in [0.1, 0.15) is 26.5 Å². The van der Waals surface area contributed by atoms with Gasteiger partial charge in [-0.25, -0.2) is 4.79 Å². The molecule has 0 bridgehead atoms. The molecule has 0 fully saturated rings. The van der Waals surface area contributed by atoms with Gasteiger partial charge in [-0.1, -0.05) is 17.3 Å². The normalized spacial score (nSPS) is 11.1. The summed E-state index contributed by atoms with van der Waals surface area (Å²) < 4.78 is 6.96. The monoisotopic (exact) mass is 303 g/mol. The van der Waals surface area contributed by atoms with Crippen molar-refractivity contribution in [3.8, 4) is 0 Å². The van der Waals surface area contributed by atoms with Crippen LogP contribution in [0.3, 0.4) is 0 Å². The first-order valence-electron chi connectivity index (χ1n) is 7.01. The highest BCUT2D eigenvalue weighted by molar-refractivity contribution is 5.89. The van der Waals surface area contributed by atoms with Crippen molar-refractivity contribution in [2.45, 2.75) is 32.9 Å². The molecule has 22 heavy (non-hydrogen) atoms. The van der Waals surface area contributed by atoms with Crippen LogP contribution in [0.5, 0.6) is 0 Å². The van der Waals surface area contributed by atoms with Crippen LogP contribution in [0.2, 0.25) is 0 Å². The lowest BCUT2D eigenvalue weighted by atomic mass is 10.2. The zero-order valence-corrected chi connectivity index (χ0v) is 13.3. The second-order valence-electron chi connectivity index (χ2n) is 5.87. The minimum atomic E-state index is -0.535. The van der Waals surface area contributed by atoms with E-state index >= 15 is 0 Å². The van der Waals surface area contributed by atoms with Crippen molar-refractivity contribution in [3.05, 3.63) is 36.2 Å². The molecular formula is C15H21N5O2. The Morgan fingerprint density at radius 2 is 1.95 bits per heavy atom. The Hall–Kier alpha value is -2.57. The lowest BCUT2D eigenvalue weighted by Crippen LogP contribution is -2.27. The minimum Gasteiger partial charge on any atom is -0.444 e. The van der Waals surface area contributed by atoms with Crippen molar-refractivity contribution in [1.82, 2.24) is 15.0 Å². The van der Waals surface area contributed by atoms with Crippen LogP contribution in [-0.2, 0) is 18.3 Å². The van der Waals surface area contributed by atoms with E-state index in [1.165, 1.54) is 0 Å². The molecule has 118 valence electrons. The first-order valence-corrected chi connectivity index (χ1v) is 7.01. The van der Waals surface area contributed by atoms with Crippen molar-refractivity contribution in [2.24, 2.45) is 7.05 Å². The number of anilines is 2. The van der Waals surface area contributed by atoms with Crippen molar-refractivity contribution >= 4 is 17.5 Å². The molecule has 0 saturated carbocycles. The number of aromatic nitrogens is 3. The molecule has 0 aliphatic carbocycles. The maximum absolute atomic E-state index is 11.9. The number of ether oxygens (including phenoxy) is 1. The molecule has 0 aliphatic heterocycles. The van der Waals surface area contributed by atoms with E-state index in [2.05, 4.69) is 20.9 Å². The van der Waals surface area contributed by atoms with Crippen LogP contribution >= 0.6 is 0 Å². The van der Waals surface area contributed by atoms with Crippen LogP contribution in [0.25, 0.3) is 0 Å². The average Bonchev–Trinajstić information content (AvgIpc) is 2.81. The van der Waals surface area contributed by atoms with E-state index in [0.717, 1.165) is 11.4 Å². The number of carbonyl (C=O) groups is 1. The van der Waals surface area contributed by atoms with Gasteiger partial charge in [0, 0.05) is 7.05 Å². The fourth-order valence-electron chi connectivity index (χ4n) is 1.82. The Morgan fingerprint density at radius 1 is 1.27 bits per heavy atom. The third kappa shape index (κ3) is 4.47. The highest BCUT2D eigenvalue weighted by Crippen LogP contribution is 2.22. The molecule has 1 aromatic heterocycles. The number of nitrogens with zero attached hydrogens (tertiary/aromatic N) is 3. The summed E-state index contributed by atoms with van der Waals surface area (Å²) in [6.45, 7) is 6.03. The van der Waals surface area contributed by atoms with Crippen LogP contribution in [-0.4, -0.2) is 26.7 Å². The van der Waals surface area contributed by atoms with Gasteiger partial charge in [0.05, 0.1) is 29.8 Å². The molecule has 0 saturated heterocycles. The van der Waals surface area contributed by atoms with E-state index < -0.39 is 11.7 Å². The largest absolute Gasteiger partial charge is 0.444 e. The summed E-state index contributed by atoms with van der Waals surface area (Å²) in [4.78, 5) is 11.9. The molecule has 0 radical (unpaired) electrons. The first-order chi connectivity index (χ1) is 10.3. The topological polar surface area (TPSA) is 81.1 Å². The molecule has 0 unspecified atom stereocenters. The van der Waals surface area contributed by atoms with Gasteiger partial charge in [0.1, 0.15) is 5.60 Å². The summed E-state index contributed by atoms with van der Waals surface area (Å²) >= 11 is 0. The summed E-state index contributed by atoms with van der Waals surface area (Å²) in [5.74, 6) is 0. The lowest BCUT2D eigenvalue weighted by Gasteiger charge is -2.20. The van der Waals surface area contributed by atoms with Crippen molar-refractivity contribution < 1.29 is 9.53 Å². The number of hydrogen-bond acceptors (Lipinski definition) is 5. The number of rotatable bonds is 4. The molecule has 1 amide bonds. The third-order valence-corrected chi connectivity index (χ3v) is 2.83. The Morgan fingerprint density at radius 3 is 2.55 bits per heavy atom. The summed E-state index contributed by atoms with van der Waals surface area (Å²) in [5, 5.41) is 13.7. The molecule has 2 rings (SSSR count). The van der Waals surface area contributed by atoms with Gasteiger partial charge < -0.3 is 10.1 Å². The standard InChI is InChI=1S/C15H21N5O2/c1-15(2,3)22-14(21)18-13-8-6-5-7-12(13)16-9-11-10-17-19-20(11)4/h5-8,10,16H,9H2,1-4H3,(H,18,21). The Balaban J connectivity index is 2.03. The average molecular weight is 303 g/mol. The Labute approximate surface area is 129 Å². The Kier molecular flexibility index (Phi) is 4.65. The molecule has 7 nitrogen and oxygen atoms in total. The van der Waals surface area contributed by atoms with Gasteiger partial charge in [0.25, 0.3) is 0 Å². The number of aryl methyl sites for hydroxylation is 1. The summed E-state index contributed by atoms with van der Waals surface area (Å²) in [5.41, 5.74) is 1.86. The molecule has 7 heteroatoms. The number of benzene rings is 1. The number of amides is 1. The maximum atomic E-state index is 11.9. The molecule has 2 N–H and O–H groups in total. The predicted molar refractivity (Wildman–Crippen MR) is 84.6 cm³/mol. The zero-order chi connectivity index (χ0) is 16.2. The quantitative estimate of drug-likeness (QED) is 0.907. The van der Waals surface area contributed by atoms with Gasteiger partial charge in [0.15, 0.2) is 0 Å². The summed E-state index contributed by atoms with van der Waals surface area (Å²) in [7, 11) is 1.83. The minimum absolute atomic E-state index is 0.482. The van der Waals surface area contributed by atoms with Gasteiger partial charge in [-0.2, -0.15) is 0 Å². The van der Waals surface area contributed by atoms with Crippen LogP contribution in [0.4, 0.5) is 16.2 Å². The summed E-state index contributed by atoms with van der Waals surface area (Å²) in [6, 6.07) is 7.44. The first kappa shape index (κ1) is 15.8. The van der Waals surface area contributed by atoms with Gasteiger partial charge in [-0.3, -0.25) is 10.00 Å². The SMILES string of the molecule is Cn1nncc1CNc1ccccc1NC(=O)OC(C)(C)C. The summed E-state index contributed by atoms with van der Waals surface area (Å²) in [6.07, 6.45) is 1.21. The van der Waals surface area contributed by atoms with Crippen molar-refractivity contribution in [3.63, 3.8) is 0 Å². The van der Waals surface area contributed by atoms with Gasteiger partial charge in [-0.15, -0.1) is 5.10 Å². The second kappa shape index (κ2) is 6.46. The van der Waals surface area contributed by atoms with Gasteiger partial charge >= 0.3 is 6.09 Å². The number of para-hydroxylation sites is 2. The molecule has 1 heterocycles. The van der Waals surface area contributed by atoms with E-state index in [9.17, 15) is 4.79 Å². The fraction of sp³-hybridized carbons (Fsp3) is 0.400. The zero-order valence-electron chi connectivity index (χ0n) is 13.3. The van der Waals surface area contributed by atoms with E-state index in [4.69, 9.17) is 4.74 Å². The number of nitrogens with one attached hydrogen (secondary N) is 2. The van der Waals surface area contributed by atoms with Crippen LogP contribution in [0, 0.1) is 0 Å². The van der Waals surface area contributed by atoms with Gasteiger partial charge in [-0.05, 0) is 32.9 Å². The van der Waals surface area contributed by atoms with Crippen LogP contribution in [0.15, 0.2) is 30.5 Å². The lowest BCUT2D eigenvalue weighted by molar-refractivity contribution is 0.0636. The van der Waals surface area contributed by atoms with E-state index in [1.54, 1.807) is 10.9 Å². The van der Waals surface area contributed by atoms with Crippen molar-refractivity contribution in [2.75, 3.05) is 10.6 Å². The highest BCUT2D eigenvalue weighted by atomic mass is 16.6. The highest BCUT2D eigenvalue weighted by Gasteiger charge is 2.17. The smallest absolute Gasteiger partial charge is 0.412 e. The second-order valence-corrected chi connectivity index (χ2v) is 5.87. The van der Waals surface area contributed by atoms with Crippen molar-refractivity contribution in [1.29, 1.82) is 0 Å². The van der Waals surface area contributed by atoms with E-state index in [1.807, 2.05) is 52.1 Å². The predicted octanol–water partition coefficient (Wildman–Crippen LogP) is 2.77. The molecule has 1 aromatic carbocycles. The van der Waals surface area contributed by atoms with E-state index in [-0.39, 0.29) is 0 Å². The molecule has 2 aromatic rings. The molecule has 0 spiro atoms. The van der Waals surface area contributed by atoms with E-state index in [0.29, 0.717) is 12.2 Å². The maximum Gasteiger partial charge on any atom is 0.412 e. The fourth-order valence-corrected chi connectivity index (χ4v) is 1.82. The Bertz CT molecular complexity index is 645. The number of hydrogen-bond donors (Lipinski definition) is 2. The molecular weight excluding hydrogens is 282 g/mol.